The van der Waals surface area contributed by atoms with Crippen LogP contribution in [0.2, 0.25) is 0 Å². The number of nitrogens with zero attached hydrogens (tertiary/aromatic N) is 2. The largest absolute Gasteiger partial charge is 0.355 e. The van der Waals surface area contributed by atoms with Crippen molar-refractivity contribution in [2.24, 2.45) is 5.92 Å². The van der Waals surface area contributed by atoms with E-state index < -0.39 is 10.0 Å². The summed E-state index contributed by atoms with van der Waals surface area (Å²) in [5, 5.41) is 3.05. The number of piperidine rings is 2. The smallest absolute Gasteiger partial charge is 0.223 e. The van der Waals surface area contributed by atoms with Gasteiger partial charge in [0, 0.05) is 44.2 Å². The lowest BCUT2D eigenvalue weighted by atomic mass is 9.97. The maximum absolute atomic E-state index is 12.3. The molecule has 0 saturated carbocycles. The van der Waals surface area contributed by atoms with Crippen LogP contribution in [0, 0.1) is 5.92 Å². The van der Waals surface area contributed by atoms with Crippen LogP contribution >= 0.6 is 0 Å². The highest BCUT2D eigenvalue weighted by atomic mass is 32.2. The number of hydrogen-bond donors (Lipinski definition) is 1. The molecule has 0 aliphatic carbocycles. The summed E-state index contributed by atoms with van der Waals surface area (Å²) in [6.07, 6.45) is 6.24. The standard InChI is InChI=1S/C16H31N3O3S/c1-13-5-4-6-14(2)19(13)12-9-17-16(20)15-7-10-18(11-8-15)23(3,21)22/h13-15H,4-12H2,1-3H3,(H,17,20). The molecule has 2 fully saturated rings. The average Bonchev–Trinajstić information content (AvgIpc) is 2.49. The Bertz CT molecular complexity index is 491. The second-order valence-corrected chi connectivity index (χ2v) is 9.08. The second-order valence-electron chi connectivity index (χ2n) is 7.09. The number of amides is 1. The predicted octanol–water partition coefficient (Wildman–Crippen LogP) is 1.04. The highest BCUT2D eigenvalue weighted by molar-refractivity contribution is 7.88. The Kier molecular flexibility index (Phi) is 6.45. The van der Waals surface area contributed by atoms with E-state index in [2.05, 4.69) is 24.1 Å². The first-order chi connectivity index (χ1) is 10.8. The summed E-state index contributed by atoms with van der Waals surface area (Å²) in [5.41, 5.74) is 0. The van der Waals surface area contributed by atoms with Gasteiger partial charge in [-0.25, -0.2) is 12.7 Å². The van der Waals surface area contributed by atoms with Crippen LogP contribution in [0.1, 0.15) is 46.0 Å². The molecule has 7 heteroatoms. The minimum atomic E-state index is -3.12. The fourth-order valence-electron chi connectivity index (χ4n) is 3.82. The highest BCUT2D eigenvalue weighted by Gasteiger charge is 2.29. The zero-order valence-corrected chi connectivity index (χ0v) is 15.4. The normalized spacial score (nSPS) is 28.7. The fourth-order valence-corrected chi connectivity index (χ4v) is 4.69. The number of hydrogen-bond acceptors (Lipinski definition) is 4. The lowest BCUT2D eigenvalue weighted by Gasteiger charge is -2.39. The van der Waals surface area contributed by atoms with Crippen LogP contribution in [-0.2, 0) is 14.8 Å². The molecule has 2 aliphatic heterocycles. The van der Waals surface area contributed by atoms with Gasteiger partial charge in [-0.05, 0) is 39.5 Å². The van der Waals surface area contributed by atoms with E-state index in [9.17, 15) is 13.2 Å². The van der Waals surface area contributed by atoms with Crippen molar-refractivity contribution in [2.45, 2.75) is 58.0 Å². The molecular weight excluding hydrogens is 314 g/mol. The Labute approximate surface area is 140 Å². The van der Waals surface area contributed by atoms with Crippen LogP contribution in [0.4, 0.5) is 0 Å². The van der Waals surface area contributed by atoms with Crippen molar-refractivity contribution in [2.75, 3.05) is 32.4 Å². The van der Waals surface area contributed by atoms with Gasteiger partial charge in [0.15, 0.2) is 0 Å². The molecule has 2 heterocycles. The molecule has 2 saturated heterocycles. The third kappa shape index (κ3) is 5.16. The quantitative estimate of drug-likeness (QED) is 0.808. The Balaban J connectivity index is 1.71. The summed E-state index contributed by atoms with van der Waals surface area (Å²) < 4.78 is 24.4. The van der Waals surface area contributed by atoms with Crippen molar-refractivity contribution >= 4 is 15.9 Å². The van der Waals surface area contributed by atoms with Crippen LogP contribution < -0.4 is 5.32 Å². The van der Waals surface area contributed by atoms with E-state index in [1.807, 2.05) is 0 Å². The molecule has 2 rings (SSSR count). The van der Waals surface area contributed by atoms with Gasteiger partial charge in [-0.15, -0.1) is 0 Å². The third-order valence-electron chi connectivity index (χ3n) is 5.34. The fraction of sp³-hybridized carbons (Fsp3) is 0.938. The van der Waals surface area contributed by atoms with Gasteiger partial charge in [-0.2, -0.15) is 0 Å². The van der Waals surface area contributed by atoms with Gasteiger partial charge in [0.05, 0.1) is 6.26 Å². The molecule has 0 radical (unpaired) electrons. The molecule has 0 bridgehead atoms. The van der Waals surface area contributed by atoms with Gasteiger partial charge in [0.1, 0.15) is 0 Å². The monoisotopic (exact) mass is 345 g/mol. The first-order valence-corrected chi connectivity index (χ1v) is 10.6. The maximum atomic E-state index is 12.3. The molecule has 0 aromatic heterocycles. The van der Waals surface area contributed by atoms with E-state index in [1.165, 1.54) is 29.8 Å². The molecule has 2 aliphatic rings. The zero-order valence-electron chi connectivity index (χ0n) is 14.6. The maximum Gasteiger partial charge on any atom is 0.223 e. The highest BCUT2D eigenvalue weighted by Crippen LogP contribution is 2.22. The van der Waals surface area contributed by atoms with Crippen molar-refractivity contribution in [3.63, 3.8) is 0 Å². The Morgan fingerprint density at radius 2 is 1.65 bits per heavy atom. The molecule has 6 nitrogen and oxygen atoms in total. The topological polar surface area (TPSA) is 69.7 Å². The number of rotatable bonds is 5. The first-order valence-electron chi connectivity index (χ1n) is 8.77. The van der Waals surface area contributed by atoms with Crippen molar-refractivity contribution in [3.05, 3.63) is 0 Å². The number of carbonyl (C=O) groups excluding carboxylic acids is 1. The number of nitrogens with one attached hydrogen (secondary N) is 1. The van der Waals surface area contributed by atoms with E-state index in [0.29, 0.717) is 44.6 Å². The SMILES string of the molecule is CC1CCCC(C)N1CCNC(=O)C1CCN(S(C)(=O)=O)CC1. The molecule has 1 N–H and O–H groups in total. The lowest BCUT2D eigenvalue weighted by molar-refractivity contribution is -0.126. The number of carbonyl (C=O) groups is 1. The molecule has 23 heavy (non-hydrogen) atoms. The van der Waals surface area contributed by atoms with Crippen LogP contribution in [0.5, 0.6) is 0 Å². The number of sulfonamides is 1. The van der Waals surface area contributed by atoms with E-state index in [0.717, 1.165) is 6.54 Å². The van der Waals surface area contributed by atoms with Gasteiger partial charge in [0.25, 0.3) is 0 Å². The lowest BCUT2D eigenvalue weighted by Crippen LogP contribution is -2.48. The minimum Gasteiger partial charge on any atom is -0.355 e. The van der Waals surface area contributed by atoms with Gasteiger partial charge >= 0.3 is 0 Å². The Morgan fingerprint density at radius 1 is 1.09 bits per heavy atom. The van der Waals surface area contributed by atoms with Crippen LogP contribution in [0.3, 0.4) is 0 Å². The van der Waals surface area contributed by atoms with Gasteiger partial charge in [-0.3, -0.25) is 9.69 Å². The molecule has 134 valence electrons. The summed E-state index contributed by atoms with van der Waals surface area (Å²) >= 11 is 0. The van der Waals surface area contributed by atoms with Crippen molar-refractivity contribution in [1.29, 1.82) is 0 Å². The average molecular weight is 346 g/mol. The minimum absolute atomic E-state index is 0.0517. The molecule has 0 spiro atoms. The van der Waals surface area contributed by atoms with Crippen molar-refractivity contribution in [3.8, 4) is 0 Å². The molecule has 0 aromatic carbocycles. The van der Waals surface area contributed by atoms with E-state index in [4.69, 9.17) is 0 Å². The summed E-state index contributed by atoms with van der Waals surface area (Å²) in [6.45, 7) is 7.01. The summed E-state index contributed by atoms with van der Waals surface area (Å²) in [7, 11) is -3.12. The van der Waals surface area contributed by atoms with E-state index >= 15 is 0 Å². The number of likely N-dealkylation sites (tertiary alicyclic amines) is 1. The van der Waals surface area contributed by atoms with E-state index in [1.54, 1.807) is 0 Å². The summed E-state index contributed by atoms with van der Waals surface area (Å²) in [4.78, 5) is 14.7. The summed E-state index contributed by atoms with van der Waals surface area (Å²) in [6, 6.07) is 1.18. The first kappa shape index (κ1) is 18.7. The van der Waals surface area contributed by atoms with Crippen LogP contribution in [0.25, 0.3) is 0 Å². The predicted molar refractivity (Wildman–Crippen MR) is 91.6 cm³/mol. The molecule has 0 aromatic rings. The Hall–Kier alpha value is -0.660. The molecule has 2 atom stereocenters. The zero-order chi connectivity index (χ0) is 17.0. The Morgan fingerprint density at radius 3 is 2.17 bits per heavy atom. The van der Waals surface area contributed by atoms with Gasteiger partial charge in [0.2, 0.25) is 15.9 Å². The third-order valence-corrected chi connectivity index (χ3v) is 6.64. The van der Waals surface area contributed by atoms with Gasteiger partial charge in [-0.1, -0.05) is 6.42 Å². The molecule has 2 unspecified atom stereocenters. The molecular formula is C16H31N3O3S. The summed E-state index contributed by atoms with van der Waals surface area (Å²) in [5.74, 6) is 0.0275. The van der Waals surface area contributed by atoms with Gasteiger partial charge < -0.3 is 5.32 Å². The second kappa shape index (κ2) is 7.94. The van der Waals surface area contributed by atoms with Crippen molar-refractivity contribution < 1.29 is 13.2 Å². The van der Waals surface area contributed by atoms with Crippen LogP contribution in [0.15, 0.2) is 0 Å². The molecule has 1 amide bonds. The van der Waals surface area contributed by atoms with Crippen LogP contribution in [-0.4, -0.2) is 68.0 Å². The van der Waals surface area contributed by atoms with E-state index in [-0.39, 0.29) is 11.8 Å². The van der Waals surface area contributed by atoms with Crippen molar-refractivity contribution in [1.82, 2.24) is 14.5 Å².